The van der Waals surface area contributed by atoms with Crippen LogP contribution in [0.4, 0.5) is 0 Å². The summed E-state index contributed by atoms with van der Waals surface area (Å²) in [6.45, 7) is 4.79. The number of hydrazone groups is 1. The van der Waals surface area contributed by atoms with Gasteiger partial charge < -0.3 is 4.74 Å². The third-order valence-corrected chi connectivity index (χ3v) is 3.59. The molecule has 1 amide bonds. The Morgan fingerprint density at radius 2 is 1.92 bits per heavy atom. The summed E-state index contributed by atoms with van der Waals surface area (Å²) >= 11 is 11.9. The van der Waals surface area contributed by atoms with Gasteiger partial charge in [-0.05, 0) is 42.3 Å². The Kier molecular flexibility index (Phi) is 6.64. The number of nitrogens with one attached hydrogen (secondary N) is 1. The second-order valence-electron chi connectivity index (χ2n) is 5.59. The highest BCUT2D eigenvalue weighted by Crippen LogP contribution is 2.19. The summed E-state index contributed by atoms with van der Waals surface area (Å²) in [5, 5.41) is 4.91. The number of rotatable bonds is 6. The Balaban J connectivity index is 1.93. The molecule has 0 aromatic heterocycles. The molecule has 0 bridgehead atoms. The van der Waals surface area contributed by atoms with Crippen LogP contribution in [0.15, 0.2) is 47.6 Å². The summed E-state index contributed by atoms with van der Waals surface area (Å²) in [6, 6.07) is 11.9. The molecule has 0 fully saturated rings. The molecular weight excluding hydrogens is 347 g/mol. The van der Waals surface area contributed by atoms with Gasteiger partial charge in [-0.15, -0.1) is 0 Å². The molecule has 0 aliphatic rings. The van der Waals surface area contributed by atoms with Crippen molar-refractivity contribution in [1.82, 2.24) is 5.43 Å². The zero-order valence-corrected chi connectivity index (χ0v) is 14.9. The van der Waals surface area contributed by atoms with Crippen molar-refractivity contribution in [2.75, 3.05) is 6.61 Å². The van der Waals surface area contributed by atoms with Gasteiger partial charge in [-0.1, -0.05) is 43.1 Å². The van der Waals surface area contributed by atoms with Crippen LogP contribution >= 0.6 is 23.2 Å². The monoisotopic (exact) mass is 364 g/mol. The lowest BCUT2D eigenvalue weighted by Gasteiger charge is -2.08. The molecule has 2 aromatic rings. The van der Waals surface area contributed by atoms with E-state index in [2.05, 4.69) is 24.4 Å². The van der Waals surface area contributed by atoms with Gasteiger partial charge in [0.1, 0.15) is 5.75 Å². The van der Waals surface area contributed by atoms with Crippen molar-refractivity contribution in [2.45, 2.75) is 13.8 Å². The van der Waals surface area contributed by atoms with E-state index in [4.69, 9.17) is 27.9 Å². The summed E-state index contributed by atoms with van der Waals surface area (Å²) in [4.78, 5) is 12.0. The first-order valence-electron chi connectivity index (χ1n) is 7.47. The number of nitrogens with zero attached hydrogens (tertiary/aromatic N) is 1. The Labute approximate surface area is 151 Å². The fourth-order valence-electron chi connectivity index (χ4n) is 1.80. The lowest BCUT2D eigenvalue weighted by atomic mass is 10.2. The van der Waals surface area contributed by atoms with Gasteiger partial charge in [0.15, 0.2) is 0 Å². The smallest absolute Gasteiger partial charge is 0.271 e. The molecule has 0 atom stereocenters. The van der Waals surface area contributed by atoms with Gasteiger partial charge in [-0.2, -0.15) is 5.10 Å². The number of carbonyl (C=O) groups excluding carboxylic acids is 1. The third-order valence-electron chi connectivity index (χ3n) is 3.03. The van der Waals surface area contributed by atoms with Crippen molar-refractivity contribution < 1.29 is 9.53 Å². The van der Waals surface area contributed by atoms with Crippen molar-refractivity contribution in [2.24, 2.45) is 11.0 Å². The summed E-state index contributed by atoms with van der Waals surface area (Å²) in [6.07, 6.45) is 1.47. The predicted molar refractivity (Wildman–Crippen MR) is 98.3 cm³/mol. The fourth-order valence-corrected chi connectivity index (χ4v) is 2.25. The highest BCUT2D eigenvalue weighted by atomic mass is 35.5. The number of carbonyl (C=O) groups is 1. The average molecular weight is 365 g/mol. The van der Waals surface area contributed by atoms with E-state index in [1.54, 1.807) is 42.5 Å². The van der Waals surface area contributed by atoms with E-state index in [0.29, 0.717) is 33.7 Å². The summed E-state index contributed by atoms with van der Waals surface area (Å²) in [5.74, 6) is 0.866. The molecule has 126 valence electrons. The number of benzene rings is 2. The van der Waals surface area contributed by atoms with Gasteiger partial charge in [0.2, 0.25) is 0 Å². The van der Waals surface area contributed by atoms with Gasteiger partial charge in [0.25, 0.3) is 5.91 Å². The molecule has 0 radical (unpaired) electrons. The average Bonchev–Trinajstić information content (AvgIpc) is 2.55. The molecular formula is C18H18Cl2N2O2. The maximum Gasteiger partial charge on any atom is 0.271 e. The van der Waals surface area contributed by atoms with E-state index in [-0.39, 0.29) is 5.91 Å². The van der Waals surface area contributed by atoms with E-state index in [1.807, 2.05) is 0 Å². The quantitative estimate of drug-likeness (QED) is 0.591. The van der Waals surface area contributed by atoms with E-state index in [1.165, 1.54) is 6.21 Å². The highest BCUT2D eigenvalue weighted by Gasteiger charge is 2.05. The fraction of sp³-hybridized carbons (Fsp3) is 0.222. The maximum atomic E-state index is 12.0. The van der Waals surface area contributed by atoms with Crippen LogP contribution in [0.25, 0.3) is 0 Å². The summed E-state index contributed by atoms with van der Waals surface area (Å²) in [7, 11) is 0. The molecule has 0 aliphatic carbocycles. The number of hydrogen-bond acceptors (Lipinski definition) is 3. The largest absolute Gasteiger partial charge is 0.493 e. The van der Waals surface area contributed by atoms with Crippen LogP contribution in [0.2, 0.25) is 10.0 Å². The SMILES string of the molecule is CC(C)COc1ccc(C(=O)N/N=C/c2ccc(Cl)cc2Cl)cc1. The third kappa shape index (κ3) is 5.55. The van der Waals surface area contributed by atoms with Gasteiger partial charge in [0.05, 0.1) is 17.8 Å². The van der Waals surface area contributed by atoms with E-state index >= 15 is 0 Å². The van der Waals surface area contributed by atoms with Crippen LogP contribution in [-0.2, 0) is 0 Å². The molecule has 4 nitrogen and oxygen atoms in total. The highest BCUT2D eigenvalue weighted by molar-refractivity contribution is 6.36. The Morgan fingerprint density at radius 1 is 1.21 bits per heavy atom. The Hall–Kier alpha value is -2.04. The van der Waals surface area contributed by atoms with Crippen molar-refractivity contribution in [3.8, 4) is 5.75 Å². The molecule has 0 aliphatic heterocycles. The molecule has 2 aromatic carbocycles. The zero-order chi connectivity index (χ0) is 17.5. The molecule has 0 saturated heterocycles. The van der Waals surface area contributed by atoms with Crippen LogP contribution in [0.5, 0.6) is 5.75 Å². The minimum atomic E-state index is -0.313. The van der Waals surface area contributed by atoms with Gasteiger partial charge in [0, 0.05) is 16.1 Å². The van der Waals surface area contributed by atoms with Gasteiger partial charge in [-0.3, -0.25) is 4.79 Å². The van der Waals surface area contributed by atoms with E-state index < -0.39 is 0 Å². The molecule has 0 heterocycles. The zero-order valence-electron chi connectivity index (χ0n) is 13.4. The standard InChI is InChI=1S/C18H18Cl2N2O2/c1-12(2)11-24-16-7-4-13(5-8-16)18(23)22-21-10-14-3-6-15(19)9-17(14)20/h3-10,12H,11H2,1-2H3,(H,22,23)/b21-10+. The van der Waals surface area contributed by atoms with Crippen molar-refractivity contribution in [3.63, 3.8) is 0 Å². The Bertz CT molecular complexity index is 728. The van der Waals surface area contributed by atoms with Crippen LogP contribution in [0.1, 0.15) is 29.8 Å². The van der Waals surface area contributed by atoms with Crippen molar-refractivity contribution in [3.05, 3.63) is 63.6 Å². The number of ether oxygens (including phenoxy) is 1. The van der Waals surface area contributed by atoms with Crippen LogP contribution < -0.4 is 10.2 Å². The topological polar surface area (TPSA) is 50.7 Å². The lowest BCUT2D eigenvalue weighted by molar-refractivity contribution is 0.0955. The summed E-state index contributed by atoms with van der Waals surface area (Å²) < 4.78 is 5.58. The van der Waals surface area contributed by atoms with Crippen LogP contribution in [-0.4, -0.2) is 18.7 Å². The number of amides is 1. The maximum absolute atomic E-state index is 12.0. The molecule has 0 spiro atoms. The molecule has 0 saturated carbocycles. The molecule has 1 N–H and O–H groups in total. The van der Waals surface area contributed by atoms with Crippen LogP contribution in [0, 0.1) is 5.92 Å². The van der Waals surface area contributed by atoms with Crippen molar-refractivity contribution >= 4 is 35.3 Å². The number of halogens is 2. The first-order chi connectivity index (χ1) is 11.5. The first kappa shape index (κ1) is 18.3. The first-order valence-corrected chi connectivity index (χ1v) is 8.22. The second-order valence-corrected chi connectivity index (χ2v) is 6.44. The normalized spacial score (nSPS) is 11.0. The van der Waals surface area contributed by atoms with Crippen LogP contribution in [0.3, 0.4) is 0 Å². The lowest BCUT2D eigenvalue weighted by Crippen LogP contribution is -2.17. The Morgan fingerprint density at radius 3 is 2.54 bits per heavy atom. The number of hydrogen-bond donors (Lipinski definition) is 1. The summed E-state index contributed by atoms with van der Waals surface area (Å²) in [5.41, 5.74) is 3.61. The molecule has 6 heteroatoms. The minimum Gasteiger partial charge on any atom is -0.493 e. The van der Waals surface area contributed by atoms with Gasteiger partial charge in [-0.25, -0.2) is 5.43 Å². The van der Waals surface area contributed by atoms with E-state index in [9.17, 15) is 4.79 Å². The minimum absolute atomic E-state index is 0.313. The predicted octanol–water partition coefficient (Wildman–Crippen LogP) is 4.79. The second kappa shape index (κ2) is 8.71. The van der Waals surface area contributed by atoms with E-state index in [0.717, 1.165) is 5.75 Å². The molecule has 24 heavy (non-hydrogen) atoms. The molecule has 0 unspecified atom stereocenters. The molecule has 2 rings (SSSR count). The van der Waals surface area contributed by atoms with Crippen molar-refractivity contribution in [1.29, 1.82) is 0 Å². The van der Waals surface area contributed by atoms with Gasteiger partial charge >= 0.3 is 0 Å².